The fourth-order valence-electron chi connectivity index (χ4n) is 1.97. The molecule has 5 heteroatoms. The Bertz CT molecular complexity index is 732. The van der Waals surface area contributed by atoms with Gasteiger partial charge in [-0.05, 0) is 18.6 Å². The molecule has 2 heterocycles. The number of aromatic nitrogens is 3. The first-order valence-corrected chi connectivity index (χ1v) is 6.61. The number of hydrogen-bond acceptors (Lipinski definition) is 2. The summed E-state index contributed by atoms with van der Waals surface area (Å²) in [6.07, 6.45) is 1.74. The molecule has 0 aliphatic heterocycles. The Morgan fingerprint density at radius 3 is 2.63 bits per heavy atom. The molecule has 0 bridgehead atoms. The molecule has 1 aromatic carbocycles. The molecular formula is C14H11Cl2N3. The third-order valence-electron chi connectivity index (χ3n) is 2.97. The van der Waals surface area contributed by atoms with E-state index in [0.29, 0.717) is 27.9 Å². The average molecular weight is 292 g/mol. The number of imidazole rings is 1. The van der Waals surface area contributed by atoms with Gasteiger partial charge in [-0.25, -0.2) is 9.97 Å². The smallest absolute Gasteiger partial charge is 0.163 e. The monoisotopic (exact) mass is 291 g/mol. The maximum absolute atomic E-state index is 6.10. The lowest BCUT2D eigenvalue weighted by molar-refractivity contribution is 0.814. The number of halogens is 2. The summed E-state index contributed by atoms with van der Waals surface area (Å²) in [6.45, 7) is 2.76. The maximum atomic E-state index is 6.10. The zero-order chi connectivity index (χ0) is 13.4. The topological polar surface area (TPSA) is 30.7 Å². The van der Waals surface area contributed by atoms with Crippen molar-refractivity contribution in [1.29, 1.82) is 0 Å². The van der Waals surface area contributed by atoms with Crippen molar-refractivity contribution in [1.82, 2.24) is 14.5 Å². The first-order chi connectivity index (χ1) is 9.13. The van der Waals surface area contributed by atoms with Crippen LogP contribution in [0.1, 0.15) is 11.1 Å². The quantitative estimate of drug-likeness (QED) is 0.666. The second-order valence-corrected chi connectivity index (χ2v) is 5.25. The molecule has 3 nitrogen and oxygen atoms in total. The Balaban J connectivity index is 2.03. The third-order valence-corrected chi connectivity index (χ3v) is 3.45. The minimum Gasteiger partial charge on any atom is -0.311 e. The molecular weight excluding hydrogens is 281 g/mol. The summed E-state index contributed by atoms with van der Waals surface area (Å²) in [7, 11) is 0. The number of hydrogen-bond donors (Lipinski definition) is 0. The highest BCUT2D eigenvalue weighted by Crippen LogP contribution is 2.24. The van der Waals surface area contributed by atoms with Crippen molar-refractivity contribution < 1.29 is 0 Å². The Morgan fingerprint density at radius 1 is 1.16 bits per heavy atom. The number of aryl methyl sites for hydroxylation is 1. The average Bonchev–Trinajstić information content (AvgIpc) is 2.76. The van der Waals surface area contributed by atoms with Crippen LogP contribution in [0.15, 0.2) is 36.7 Å². The highest BCUT2D eigenvalue weighted by Gasteiger charge is 2.09. The molecule has 0 N–H and O–H groups in total. The lowest BCUT2D eigenvalue weighted by atomic mass is 10.1. The highest BCUT2D eigenvalue weighted by atomic mass is 35.5. The Morgan fingerprint density at radius 2 is 1.89 bits per heavy atom. The second-order valence-electron chi connectivity index (χ2n) is 4.46. The van der Waals surface area contributed by atoms with Gasteiger partial charge >= 0.3 is 0 Å². The summed E-state index contributed by atoms with van der Waals surface area (Å²) in [5.41, 5.74) is 3.81. The molecule has 0 aliphatic rings. The summed E-state index contributed by atoms with van der Waals surface area (Å²) in [5, 5.41) is 0.904. The Labute approximate surface area is 120 Å². The van der Waals surface area contributed by atoms with E-state index >= 15 is 0 Å². The minimum atomic E-state index is 0.378. The fourth-order valence-corrected chi connectivity index (χ4v) is 2.46. The summed E-state index contributed by atoms with van der Waals surface area (Å²) in [5.74, 6) is 0. The van der Waals surface area contributed by atoms with Crippen LogP contribution in [0.2, 0.25) is 10.2 Å². The summed E-state index contributed by atoms with van der Waals surface area (Å²) >= 11 is 12.0. The van der Waals surface area contributed by atoms with Crippen LogP contribution in [0.4, 0.5) is 0 Å². The van der Waals surface area contributed by atoms with Gasteiger partial charge in [-0.1, -0.05) is 53.0 Å². The molecule has 0 spiro atoms. The van der Waals surface area contributed by atoms with Crippen LogP contribution >= 0.6 is 23.2 Å². The molecule has 3 aromatic rings. The van der Waals surface area contributed by atoms with Crippen molar-refractivity contribution >= 4 is 34.4 Å². The highest BCUT2D eigenvalue weighted by molar-refractivity contribution is 6.37. The molecule has 96 valence electrons. The van der Waals surface area contributed by atoms with Crippen LogP contribution < -0.4 is 0 Å². The van der Waals surface area contributed by atoms with Crippen LogP contribution in [-0.2, 0) is 6.54 Å². The van der Waals surface area contributed by atoms with Crippen molar-refractivity contribution in [3.8, 4) is 0 Å². The van der Waals surface area contributed by atoms with Crippen molar-refractivity contribution in [3.05, 3.63) is 58.0 Å². The molecule has 0 unspecified atom stereocenters. The number of fused-ring (bicyclic) bond motifs is 1. The van der Waals surface area contributed by atoms with Crippen molar-refractivity contribution in [2.24, 2.45) is 0 Å². The third kappa shape index (κ3) is 2.44. The summed E-state index contributed by atoms with van der Waals surface area (Å²) in [6, 6.07) is 9.96. The van der Waals surface area contributed by atoms with Gasteiger partial charge in [-0.15, -0.1) is 0 Å². The van der Waals surface area contributed by atoms with Crippen LogP contribution in [0, 0.1) is 6.92 Å². The Kier molecular flexibility index (Phi) is 3.17. The predicted octanol–water partition coefficient (Wildman–Crippen LogP) is 4.09. The number of rotatable bonds is 2. The molecule has 19 heavy (non-hydrogen) atoms. The summed E-state index contributed by atoms with van der Waals surface area (Å²) < 4.78 is 1.94. The zero-order valence-electron chi connectivity index (χ0n) is 10.3. The van der Waals surface area contributed by atoms with Crippen LogP contribution in [0.5, 0.6) is 0 Å². The van der Waals surface area contributed by atoms with Crippen LogP contribution in [0.25, 0.3) is 11.2 Å². The van der Waals surface area contributed by atoms with Gasteiger partial charge in [0, 0.05) is 0 Å². The van der Waals surface area contributed by atoms with Crippen molar-refractivity contribution in [2.75, 3.05) is 0 Å². The molecule has 0 saturated heterocycles. The van der Waals surface area contributed by atoms with E-state index in [1.807, 2.05) is 4.57 Å². The zero-order valence-corrected chi connectivity index (χ0v) is 11.8. The van der Waals surface area contributed by atoms with Crippen LogP contribution in [0.3, 0.4) is 0 Å². The second kappa shape index (κ2) is 4.83. The van der Waals surface area contributed by atoms with Gasteiger partial charge in [-0.3, -0.25) is 0 Å². The molecule has 0 amide bonds. The minimum absolute atomic E-state index is 0.378. The van der Waals surface area contributed by atoms with Gasteiger partial charge in [0.25, 0.3) is 0 Å². The van der Waals surface area contributed by atoms with Gasteiger partial charge in [0.1, 0.15) is 10.7 Å². The molecule has 0 saturated carbocycles. The standard InChI is InChI=1S/C14H11Cl2N3/c1-9-2-4-10(5-3-9)7-19-8-17-13-11(15)6-12(16)18-14(13)19/h2-6,8H,7H2,1H3. The fraction of sp³-hybridized carbons (Fsp3) is 0.143. The van der Waals surface area contributed by atoms with E-state index in [1.165, 1.54) is 11.1 Å². The predicted molar refractivity (Wildman–Crippen MR) is 77.8 cm³/mol. The summed E-state index contributed by atoms with van der Waals surface area (Å²) in [4.78, 5) is 8.57. The number of benzene rings is 1. The van der Waals surface area contributed by atoms with E-state index in [0.717, 1.165) is 0 Å². The van der Waals surface area contributed by atoms with Gasteiger partial charge in [0.2, 0.25) is 0 Å². The van der Waals surface area contributed by atoms with Gasteiger partial charge in [0.05, 0.1) is 17.9 Å². The van der Waals surface area contributed by atoms with E-state index < -0.39 is 0 Å². The van der Waals surface area contributed by atoms with Crippen molar-refractivity contribution in [3.63, 3.8) is 0 Å². The SMILES string of the molecule is Cc1ccc(Cn2cnc3c(Cl)cc(Cl)nc32)cc1. The lowest BCUT2D eigenvalue weighted by Crippen LogP contribution is -1.99. The van der Waals surface area contributed by atoms with Gasteiger partial charge < -0.3 is 4.57 Å². The van der Waals surface area contributed by atoms with Crippen molar-refractivity contribution in [2.45, 2.75) is 13.5 Å². The maximum Gasteiger partial charge on any atom is 0.163 e. The molecule has 0 fully saturated rings. The largest absolute Gasteiger partial charge is 0.311 e. The van der Waals surface area contributed by atoms with E-state index in [4.69, 9.17) is 23.2 Å². The van der Waals surface area contributed by atoms with E-state index in [1.54, 1.807) is 12.4 Å². The van der Waals surface area contributed by atoms with Gasteiger partial charge in [-0.2, -0.15) is 0 Å². The van der Waals surface area contributed by atoms with E-state index in [9.17, 15) is 0 Å². The Hall–Kier alpha value is -1.58. The first kappa shape index (κ1) is 12.5. The number of nitrogens with zero attached hydrogens (tertiary/aromatic N) is 3. The molecule has 3 rings (SSSR count). The molecule has 0 aliphatic carbocycles. The first-order valence-electron chi connectivity index (χ1n) is 5.86. The number of pyridine rings is 1. The van der Waals surface area contributed by atoms with E-state index in [2.05, 4.69) is 41.2 Å². The van der Waals surface area contributed by atoms with Crippen LogP contribution in [-0.4, -0.2) is 14.5 Å². The molecule has 0 atom stereocenters. The normalized spacial score (nSPS) is 11.1. The van der Waals surface area contributed by atoms with E-state index in [-0.39, 0.29) is 0 Å². The van der Waals surface area contributed by atoms with Gasteiger partial charge in [0.15, 0.2) is 5.65 Å². The lowest BCUT2D eigenvalue weighted by Gasteiger charge is -2.05. The molecule has 2 aromatic heterocycles. The molecule has 0 radical (unpaired) electrons.